The predicted molar refractivity (Wildman–Crippen MR) is 78.3 cm³/mol. The van der Waals surface area contributed by atoms with Crippen LogP contribution in [0.1, 0.15) is 6.92 Å². The van der Waals surface area contributed by atoms with Crippen LogP contribution in [0, 0.1) is 0 Å². The van der Waals surface area contributed by atoms with Gasteiger partial charge >= 0.3 is 6.09 Å². The number of nitrogens with two attached hydrogens (primary N) is 2. The molecular weight excluding hydrogens is 254 g/mol. The molecule has 0 unspecified atom stereocenters. The second-order valence-corrected chi connectivity index (χ2v) is 4.56. The van der Waals surface area contributed by atoms with Crippen molar-refractivity contribution >= 4 is 17.5 Å². The van der Waals surface area contributed by atoms with E-state index >= 15 is 0 Å². The van der Waals surface area contributed by atoms with Gasteiger partial charge in [0.05, 0.1) is 11.4 Å². The van der Waals surface area contributed by atoms with Crippen molar-refractivity contribution in [2.75, 3.05) is 4.90 Å². The largest absolute Gasteiger partial charge is 0.421 e. The molecule has 2 aromatic carbocycles. The van der Waals surface area contributed by atoms with Gasteiger partial charge in [0.2, 0.25) is 5.85 Å². The lowest BCUT2D eigenvalue weighted by Gasteiger charge is -2.27. The fourth-order valence-electron chi connectivity index (χ4n) is 1.75. The van der Waals surface area contributed by atoms with Gasteiger partial charge in [-0.15, -0.1) is 0 Å². The average Bonchev–Trinajstić information content (AvgIpc) is 2.39. The number of ether oxygens (including phenoxy) is 1. The number of benzene rings is 2. The summed E-state index contributed by atoms with van der Waals surface area (Å²) in [6.45, 7) is 1.42. The predicted octanol–water partition coefficient (Wildman–Crippen LogP) is 2.55. The number of hydrogen-bond donors (Lipinski definition) is 2. The second-order valence-electron chi connectivity index (χ2n) is 4.56. The second kappa shape index (κ2) is 5.73. The zero-order valence-electron chi connectivity index (χ0n) is 11.2. The van der Waals surface area contributed by atoms with Gasteiger partial charge in [0, 0.05) is 6.92 Å². The summed E-state index contributed by atoms with van der Waals surface area (Å²) in [6, 6.07) is 18.3. The quantitative estimate of drug-likeness (QED) is 0.840. The Bertz CT molecular complexity index is 525. The Hall–Kier alpha value is -2.37. The van der Waals surface area contributed by atoms with Crippen LogP contribution in [0.15, 0.2) is 60.7 Å². The number of carbonyl (C=O) groups is 1. The first-order chi connectivity index (χ1) is 9.47. The lowest BCUT2D eigenvalue weighted by molar-refractivity contribution is 0.0413. The molecule has 2 aromatic rings. The first-order valence-electron chi connectivity index (χ1n) is 6.18. The summed E-state index contributed by atoms with van der Waals surface area (Å²) in [5.41, 5.74) is 12.4. The number of hydrogen-bond acceptors (Lipinski definition) is 4. The fourth-order valence-corrected chi connectivity index (χ4v) is 1.75. The van der Waals surface area contributed by atoms with E-state index in [-0.39, 0.29) is 0 Å². The van der Waals surface area contributed by atoms with E-state index < -0.39 is 11.9 Å². The van der Waals surface area contributed by atoms with Gasteiger partial charge < -0.3 is 4.74 Å². The van der Waals surface area contributed by atoms with Crippen LogP contribution in [0.5, 0.6) is 0 Å². The van der Waals surface area contributed by atoms with Gasteiger partial charge in [0.15, 0.2) is 0 Å². The molecule has 0 spiro atoms. The molecule has 0 fully saturated rings. The highest BCUT2D eigenvalue weighted by Gasteiger charge is 2.25. The average molecular weight is 271 g/mol. The highest BCUT2D eigenvalue weighted by Crippen LogP contribution is 2.26. The summed E-state index contributed by atoms with van der Waals surface area (Å²) in [4.78, 5) is 13.7. The third kappa shape index (κ3) is 3.57. The van der Waals surface area contributed by atoms with E-state index in [0.717, 1.165) is 0 Å². The molecule has 0 aliphatic rings. The summed E-state index contributed by atoms with van der Waals surface area (Å²) >= 11 is 0. The van der Waals surface area contributed by atoms with Crippen molar-refractivity contribution < 1.29 is 9.53 Å². The van der Waals surface area contributed by atoms with Gasteiger partial charge in [-0.05, 0) is 24.3 Å². The maximum atomic E-state index is 12.3. The van der Waals surface area contributed by atoms with Crippen molar-refractivity contribution in [1.29, 1.82) is 0 Å². The topological polar surface area (TPSA) is 81.6 Å². The molecule has 0 aliphatic carbocycles. The fraction of sp³-hybridized carbons (Fsp3) is 0.133. The van der Waals surface area contributed by atoms with Gasteiger partial charge in [-0.1, -0.05) is 36.4 Å². The SMILES string of the molecule is CC(N)(N)OC(=O)N(c1ccccc1)c1ccccc1. The number of carbonyl (C=O) groups excluding carboxylic acids is 1. The molecule has 20 heavy (non-hydrogen) atoms. The molecule has 5 heteroatoms. The first-order valence-corrected chi connectivity index (χ1v) is 6.18. The van der Waals surface area contributed by atoms with Crippen LogP contribution in [-0.4, -0.2) is 11.9 Å². The maximum Gasteiger partial charge on any atom is 0.421 e. The normalized spacial score (nSPS) is 10.9. The molecule has 0 atom stereocenters. The Kier molecular flexibility index (Phi) is 4.02. The van der Waals surface area contributed by atoms with Crippen molar-refractivity contribution in [2.45, 2.75) is 12.8 Å². The number of nitrogens with zero attached hydrogens (tertiary/aromatic N) is 1. The Labute approximate surface area is 117 Å². The van der Waals surface area contributed by atoms with Crippen molar-refractivity contribution in [3.05, 3.63) is 60.7 Å². The summed E-state index contributed by atoms with van der Waals surface area (Å²) in [6.07, 6.45) is -0.630. The summed E-state index contributed by atoms with van der Waals surface area (Å²) in [5.74, 6) is -1.53. The number of anilines is 2. The minimum atomic E-state index is -1.53. The van der Waals surface area contributed by atoms with Crippen molar-refractivity contribution in [3.8, 4) is 0 Å². The number of amides is 1. The molecule has 104 valence electrons. The van der Waals surface area contributed by atoms with E-state index in [4.69, 9.17) is 16.2 Å². The minimum Gasteiger partial charge on any atom is -0.414 e. The molecular formula is C15H17N3O2. The molecule has 0 aliphatic heterocycles. The van der Waals surface area contributed by atoms with Crippen LogP contribution >= 0.6 is 0 Å². The van der Waals surface area contributed by atoms with Crippen molar-refractivity contribution in [3.63, 3.8) is 0 Å². The van der Waals surface area contributed by atoms with Gasteiger partial charge in [-0.25, -0.2) is 9.69 Å². The molecule has 4 N–H and O–H groups in total. The van der Waals surface area contributed by atoms with Crippen LogP contribution < -0.4 is 16.4 Å². The molecule has 0 saturated carbocycles. The highest BCUT2D eigenvalue weighted by molar-refractivity contribution is 5.96. The summed E-state index contributed by atoms with van der Waals surface area (Å²) < 4.78 is 5.05. The first kappa shape index (κ1) is 14.0. The van der Waals surface area contributed by atoms with Gasteiger partial charge in [-0.2, -0.15) is 0 Å². The smallest absolute Gasteiger partial charge is 0.414 e. The lowest BCUT2D eigenvalue weighted by atomic mass is 10.2. The standard InChI is InChI=1S/C15H17N3O2/c1-15(16,17)20-14(19)18(12-8-4-2-5-9-12)13-10-6-3-7-11-13/h2-11H,16-17H2,1H3. The molecule has 0 bridgehead atoms. The van der Waals surface area contributed by atoms with Crippen LogP contribution in [0.4, 0.5) is 16.2 Å². The van der Waals surface area contributed by atoms with Crippen molar-refractivity contribution in [2.24, 2.45) is 11.5 Å². The Balaban J connectivity index is 2.38. The van der Waals surface area contributed by atoms with E-state index in [9.17, 15) is 4.79 Å². The maximum absolute atomic E-state index is 12.3. The highest BCUT2D eigenvalue weighted by atomic mass is 16.6. The molecule has 0 radical (unpaired) electrons. The van der Waals surface area contributed by atoms with Gasteiger partial charge in [0.1, 0.15) is 0 Å². The minimum absolute atomic E-state index is 0.630. The van der Waals surface area contributed by atoms with Gasteiger partial charge in [0.25, 0.3) is 0 Å². The van der Waals surface area contributed by atoms with Gasteiger partial charge in [-0.3, -0.25) is 11.5 Å². The lowest BCUT2D eigenvalue weighted by Crippen LogP contribution is -2.52. The summed E-state index contributed by atoms with van der Waals surface area (Å²) in [7, 11) is 0. The van der Waals surface area contributed by atoms with E-state index in [1.807, 2.05) is 36.4 Å². The number of rotatable bonds is 3. The number of para-hydroxylation sites is 2. The van der Waals surface area contributed by atoms with Crippen LogP contribution in [0.25, 0.3) is 0 Å². The van der Waals surface area contributed by atoms with Crippen molar-refractivity contribution in [1.82, 2.24) is 0 Å². The van der Waals surface area contributed by atoms with Crippen LogP contribution in [0.2, 0.25) is 0 Å². The summed E-state index contributed by atoms with van der Waals surface area (Å²) in [5, 5.41) is 0. The zero-order chi connectivity index (χ0) is 14.6. The molecule has 2 rings (SSSR count). The van der Waals surface area contributed by atoms with E-state index in [2.05, 4.69) is 0 Å². The van der Waals surface area contributed by atoms with Crippen LogP contribution in [-0.2, 0) is 4.74 Å². The Morgan fingerprint density at radius 2 is 1.35 bits per heavy atom. The molecule has 0 saturated heterocycles. The Morgan fingerprint density at radius 1 is 0.950 bits per heavy atom. The Morgan fingerprint density at radius 3 is 1.70 bits per heavy atom. The third-order valence-corrected chi connectivity index (χ3v) is 2.52. The zero-order valence-corrected chi connectivity index (χ0v) is 11.2. The monoisotopic (exact) mass is 271 g/mol. The van der Waals surface area contributed by atoms with E-state index in [1.165, 1.54) is 11.8 Å². The van der Waals surface area contributed by atoms with Crippen LogP contribution in [0.3, 0.4) is 0 Å². The molecule has 0 heterocycles. The van der Waals surface area contributed by atoms with E-state index in [1.54, 1.807) is 24.3 Å². The third-order valence-electron chi connectivity index (χ3n) is 2.52. The van der Waals surface area contributed by atoms with E-state index in [0.29, 0.717) is 11.4 Å². The molecule has 1 amide bonds. The molecule has 5 nitrogen and oxygen atoms in total. The molecule has 0 aromatic heterocycles.